The molecule has 2 nitrogen and oxygen atoms in total. The summed E-state index contributed by atoms with van der Waals surface area (Å²) in [5.74, 6) is 1.29. The first-order valence-electron chi connectivity index (χ1n) is 6.93. The molecule has 0 aliphatic rings. The molecule has 1 atom stereocenters. The normalized spacial score (nSPS) is 12.7. The molecular weight excluding hydrogens is 254 g/mol. The largest absolute Gasteiger partial charge is 0.295 e. The summed E-state index contributed by atoms with van der Waals surface area (Å²) in [6.45, 7) is 4.81. The molecule has 1 aromatic rings. The summed E-state index contributed by atoms with van der Waals surface area (Å²) in [5, 5.41) is 0. The molecule has 3 heteroatoms. The van der Waals surface area contributed by atoms with Crippen LogP contribution in [0.4, 0.5) is 0 Å². The van der Waals surface area contributed by atoms with E-state index >= 15 is 0 Å². The van der Waals surface area contributed by atoms with E-state index in [0.717, 1.165) is 24.2 Å². The maximum atomic E-state index is 12.2. The topological polar surface area (TPSA) is 20.3 Å². The van der Waals surface area contributed by atoms with Crippen LogP contribution < -0.4 is 0 Å². The highest BCUT2D eigenvalue weighted by Gasteiger charge is 2.16. The van der Waals surface area contributed by atoms with Crippen molar-refractivity contribution < 1.29 is 4.79 Å². The van der Waals surface area contributed by atoms with Gasteiger partial charge in [0.2, 0.25) is 0 Å². The van der Waals surface area contributed by atoms with Gasteiger partial charge in [-0.1, -0.05) is 38.1 Å². The highest BCUT2D eigenvalue weighted by atomic mass is 32.2. The second-order valence-electron chi connectivity index (χ2n) is 4.91. The lowest BCUT2D eigenvalue weighted by atomic mass is 10.1. The van der Waals surface area contributed by atoms with E-state index < -0.39 is 0 Å². The maximum absolute atomic E-state index is 12.2. The van der Waals surface area contributed by atoms with Crippen LogP contribution in [0.1, 0.15) is 36.2 Å². The zero-order valence-corrected chi connectivity index (χ0v) is 13.3. The van der Waals surface area contributed by atoms with Gasteiger partial charge in [-0.3, -0.25) is 9.69 Å². The summed E-state index contributed by atoms with van der Waals surface area (Å²) >= 11 is 1.84. The van der Waals surface area contributed by atoms with Crippen molar-refractivity contribution in [2.24, 2.45) is 0 Å². The predicted octanol–water partition coefficient (Wildman–Crippen LogP) is 3.51. The summed E-state index contributed by atoms with van der Waals surface area (Å²) in [6, 6.07) is 8.47. The first-order valence-corrected chi connectivity index (χ1v) is 8.33. The molecule has 106 valence electrons. The van der Waals surface area contributed by atoms with E-state index in [0.29, 0.717) is 12.6 Å². The maximum Gasteiger partial charge on any atom is 0.176 e. The van der Waals surface area contributed by atoms with Gasteiger partial charge >= 0.3 is 0 Å². The van der Waals surface area contributed by atoms with E-state index in [2.05, 4.69) is 25.0 Å². The van der Waals surface area contributed by atoms with Crippen LogP contribution in [-0.2, 0) is 6.42 Å². The Balaban J connectivity index is 2.62. The Morgan fingerprint density at radius 2 is 1.89 bits per heavy atom. The lowest BCUT2D eigenvalue weighted by Crippen LogP contribution is -2.37. The fourth-order valence-electron chi connectivity index (χ4n) is 2.12. The standard InChI is InChI=1S/C16H25NOS/c1-5-13-7-9-14(10-8-13)16(18)11-17(3)15(6-2)12-19-4/h7-10,15H,5-6,11-12H2,1-4H3. The zero-order chi connectivity index (χ0) is 14.3. The molecule has 0 N–H and O–H groups in total. The van der Waals surface area contributed by atoms with Crippen molar-refractivity contribution in [1.82, 2.24) is 4.90 Å². The Morgan fingerprint density at radius 1 is 1.26 bits per heavy atom. The highest BCUT2D eigenvalue weighted by Crippen LogP contribution is 2.11. The van der Waals surface area contributed by atoms with Crippen LogP contribution in [0.3, 0.4) is 0 Å². The third kappa shape index (κ3) is 5.00. The van der Waals surface area contributed by atoms with Crippen LogP contribution in [0.5, 0.6) is 0 Å². The Kier molecular flexibility index (Phi) is 7.17. The number of Topliss-reactive ketones (excluding diaryl/α,β-unsaturated/α-hetero) is 1. The minimum atomic E-state index is 0.213. The smallest absolute Gasteiger partial charge is 0.176 e. The van der Waals surface area contributed by atoms with Crippen LogP contribution in [0, 0.1) is 0 Å². The second kappa shape index (κ2) is 8.39. The molecule has 0 bridgehead atoms. The van der Waals surface area contributed by atoms with Gasteiger partial charge in [0, 0.05) is 17.4 Å². The van der Waals surface area contributed by atoms with Crippen molar-refractivity contribution in [2.75, 3.05) is 25.6 Å². The van der Waals surface area contributed by atoms with Crippen LogP contribution in [-0.4, -0.2) is 42.3 Å². The number of thioether (sulfide) groups is 1. The van der Waals surface area contributed by atoms with Crippen molar-refractivity contribution >= 4 is 17.5 Å². The summed E-state index contributed by atoms with van der Waals surface area (Å²) in [7, 11) is 2.04. The predicted molar refractivity (Wildman–Crippen MR) is 85.2 cm³/mol. The Labute approximate surface area is 121 Å². The molecule has 0 aliphatic carbocycles. The van der Waals surface area contributed by atoms with E-state index in [1.807, 2.05) is 43.1 Å². The SMILES string of the molecule is CCc1ccc(C(=O)CN(C)C(CC)CSC)cc1. The molecule has 1 unspecified atom stereocenters. The molecule has 19 heavy (non-hydrogen) atoms. The molecule has 0 saturated carbocycles. The van der Waals surface area contributed by atoms with Crippen LogP contribution in [0.2, 0.25) is 0 Å². The minimum absolute atomic E-state index is 0.213. The highest BCUT2D eigenvalue weighted by molar-refractivity contribution is 7.98. The number of nitrogens with zero attached hydrogens (tertiary/aromatic N) is 1. The molecule has 0 saturated heterocycles. The molecule has 0 aromatic heterocycles. The van der Waals surface area contributed by atoms with Crippen molar-refractivity contribution in [3.05, 3.63) is 35.4 Å². The van der Waals surface area contributed by atoms with Crippen LogP contribution in [0.15, 0.2) is 24.3 Å². The fourth-order valence-corrected chi connectivity index (χ4v) is 3.00. The summed E-state index contributed by atoms with van der Waals surface area (Å²) in [6.07, 6.45) is 4.21. The summed E-state index contributed by atoms with van der Waals surface area (Å²) in [5.41, 5.74) is 2.10. The van der Waals surface area contributed by atoms with Gasteiger partial charge in [-0.05, 0) is 31.7 Å². The fraction of sp³-hybridized carbons (Fsp3) is 0.562. The molecule has 0 radical (unpaired) electrons. The molecule has 0 aliphatic heterocycles. The van der Waals surface area contributed by atoms with Crippen molar-refractivity contribution in [3.63, 3.8) is 0 Å². The van der Waals surface area contributed by atoms with E-state index in [4.69, 9.17) is 0 Å². The van der Waals surface area contributed by atoms with Crippen molar-refractivity contribution in [1.29, 1.82) is 0 Å². The number of benzene rings is 1. The number of rotatable bonds is 8. The lowest BCUT2D eigenvalue weighted by molar-refractivity contribution is 0.0925. The van der Waals surface area contributed by atoms with Gasteiger partial charge in [-0.25, -0.2) is 0 Å². The van der Waals surface area contributed by atoms with Gasteiger partial charge in [0.1, 0.15) is 0 Å². The first kappa shape index (κ1) is 16.3. The number of carbonyl (C=O) groups excluding carboxylic acids is 1. The van der Waals surface area contributed by atoms with E-state index in [1.165, 1.54) is 5.56 Å². The summed E-state index contributed by atoms with van der Waals surface area (Å²) < 4.78 is 0. The van der Waals surface area contributed by atoms with Gasteiger partial charge < -0.3 is 0 Å². The molecule has 0 spiro atoms. The second-order valence-corrected chi connectivity index (χ2v) is 5.82. The van der Waals surface area contributed by atoms with Gasteiger partial charge in [0.25, 0.3) is 0 Å². The van der Waals surface area contributed by atoms with Crippen LogP contribution >= 0.6 is 11.8 Å². The number of ketones is 1. The van der Waals surface area contributed by atoms with E-state index in [9.17, 15) is 4.79 Å². The number of aryl methyl sites for hydroxylation is 1. The minimum Gasteiger partial charge on any atom is -0.295 e. The summed E-state index contributed by atoms with van der Waals surface area (Å²) in [4.78, 5) is 14.4. The molecule has 1 rings (SSSR count). The average molecular weight is 279 g/mol. The Hall–Kier alpha value is -0.800. The number of carbonyl (C=O) groups is 1. The van der Waals surface area contributed by atoms with E-state index in [-0.39, 0.29) is 5.78 Å². The number of hydrogen-bond donors (Lipinski definition) is 0. The van der Waals surface area contributed by atoms with Gasteiger partial charge in [-0.2, -0.15) is 11.8 Å². The number of hydrogen-bond acceptors (Lipinski definition) is 3. The van der Waals surface area contributed by atoms with Gasteiger partial charge in [0.05, 0.1) is 6.54 Å². The first-order chi connectivity index (χ1) is 9.12. The van der Waals surface area contributed by atoms with Crippen molar-refractivity contribution in [3.8, 4) is 0 Å². The van der Waals surface area contributed by atoms with Gasteiger partial charge in [-0.15, -0.1) is 0 Å². The molecule has 0 fully saturated rings. The molecule has 0 heterocycles. The third-order valence-corrected chi connectivity index (χ3v) is 4.25. The average Bonchev–Trinajstić information content (AvgIpc) is 2.44. The number of likely N-dealkylation sites (N-methyl/N-ethyl adjacent to an activating group) is 1. The Bertz CT molecular complexity index is 388. The van der Waals surface area contributed by atoms with E-state index in [1.54, 1.807) is 0 Å². The zero-order valence-electron chi connectivity index (χ0n) is 12.5. The third-order valence-electron chi connectivity index (χ3n) is 3.53. The monoisotopic (exact) mass is 279 g/mol. The van der Waals surface area contributed by atoms with Crippen LogP contribution in [0.25, 0.3) is 0 Å². The molecular formula is C16H25NOS. The lowest BCUT2D eigenvalue weighted by Gasteiger charge is -2.25. The van der Waals surface area contributed by atoms with Gasteiger partial charge in [0.15, 0.2) is 5.78 Å². The Morgan fingerprint density at radius 3 is 2.37 bits per heavy atom. The molecule has 0 amide bonds. The van der Waals surface area contributed by atoms with Crippen molar-refractivity contribution in [2.45, 2.75) is 32.7 Å². The quantitative estimate of drug-likeness (QED) is 0.679. The molecule has 1 aromatic carbocycles.